The zero-order valence-electron chi connectivity index (χ0n) is 19.0. The van der Waals surface area contributed by atoms with Crippen LogP contribution in [0.3, 0.4) is 0 Å². The SMILES string of the molecule is CCn1cc(-c2cc(C(=O)N3CCN(S(=O)(=O)c4cccs4)CC3)c3ccccc3n2)c(C)n1. The van der Waals surface area contributed by atoms with E-state index in [-0.39, 0.29) is 19.0 Å². The molecule has 176 valence electrons. The van der Waals surface area contributed by atoms with E-state index in [9.17, 15) is 13.2 Å². The van der Waals surface area contributed by atoms with Crippen LogP contribution in [0.2, 0.25) is 0 Å². The number of thiophene rings is 1. The Balaban J connectivity index is 1.45. The van der Waals surface area contributed by atoms with Gasteiger partial charge in [0.1, 0.15) is 4.21 Å². The highest BCUT2D eigenvalue weighted by atomic mass is 32.2. The van der Waals surface area contributed by atoms with Gasteiger partial charge in [-0.25, -0.2) is 13.4 Å². The Morgan fingerprint density at radius 1 is 1.09 bits per heavy atom. The van der Waals surface area contributed by atoms with E-state index in [4.69, 9.17) is 4.98 Å². The summed E-state index contributed by atoms with van der Waals surface area (Å²) in [7, 11) is -3.52. The molecule has 0 aliphatic carbocycles. The number of nitrogens with zero attached hydrogens (tertiary/aromatic N) is 5. The molecule has 0 saturated carbocycles. The van der Waals surface area contributed by atoms with Crippen molar-refractivity contribution in [2.24, 2.45) is 0 Å². The van der Waals surface area contributed by atoms with Gasteiger partial charge >= 0.3 is 0 Å². The third kappa shape index (κ3) is 4.02. The maximum absolute atomic E-state index is 13.6. The first-order valence-corrected chi connectivity index (χ1v) is 13.5. The molecule has 34 heavy (non-hydrogen) atoms. The van der Waals surface area contributed by atoms with Gasteiger partial charge in [-0.15, -0.1) is 11.3 Å². The molecule has 3 aromatic heterocycles. The summed E-state index contributed by atoms with van der Waals surface area (Å²) < 4.78 is 29.3. The van der Waals surface area contributed by atoms with Crippen LogP contribution in [-0.4, -0.2) is 64.5 Å². The van der Waals surface area contributed by atoms with Gasteiger partial charge in [-0.3, -0.25) is 9.48 Å². The molecular formula is C24H25N5O3S2. The van der Waals surface area contributed by atoms with Gasteiger partial charge in [0.05, 0.1) is 22.5 Å². The lowest BCUT2D eigenvalue weighted by atomic mass is 10.0. The highest BCUT2D eigenvalue weighted by molar-refractivity contribution is 7.91. The normalized spacial score (nSPS) is 15.2. The molecule has 1 fully saturated rings. The summed E-state index contributed by atoms with van der Waals surface area (Å²) in [4.78, 5) is 20.2. The summed E-state index contributed by atoms with van der Waals surface area (Å²) >= 11 is 1.21. The molecule has 0 atom stereocenters. The second-order valence-corrected chi connectivity index (χ2v) is 11.3. The number of hydrogen-bond donors (Lipinski definition) is 0. The summed E-state index contributed by atoms with van der Waals surface area (Å²) in [6.45, 7) is 5.92. The van der Waals surface area contributed by atoms with Crippen molar-refractivity contribution in [1.29, 1.82) is 0 Å². The minimum atomic E-state index is -3.52. The van der Waals surface area contributed by atoms with Crippen molar-refractivity contribution in [3.8, 4) is 11.3 Å². The van der Waals surface area contributed by atoms with Crippen molar-refractivity contribution in [2.75, 3.05) is 26.2 Å². The molecule has 0 N–H and O–H groups in total. The number of aryl methyl sites for hydroxylation is 2. The number of aromatic nitrogens is 3. The number of rotatable bonds is 5. The number of benzene rings is 1. The lowest BCUT2D eigenvalue weighted by Gasteiger charge is -2.34. The smallest absolute Gasteiger partial charge is 0.254 e. The summed E-state index contributed by atoms with van der Waals surface area (Å²) in [5.41, 5.74) is 3.77. The second kappa shape index (κ2) is 8.94. The van der Waals surface area contributed by atoms with Crippen molar-refractivity contribution >= 4 is 38.2 Å². The lowest BCUT2D eigenvalue weighted by Crippen LogP contribution is -2.50. The first-order chi connectivity index (χ1) is 16.4. The van der Waals surface area contributed by atoms with E-state index in [0.29, 0.717) is 28.6 Å². The Bertz CT molecular complexity index is 1450. The average molecular weight is 496 g/mol. The minimum Gasteiger partial charge on any atom is -0.336 e. The van der Waals surface area contributed by atoms with E-state index >= 15 is 0 Å². The van der Waals surface area contributed by atoms with E-state index < -0.39 is 10.0 Å². The fourth-order valence-corrected chi connectivity index (χ4v) is 6.83. The van der Waals surface area contributed by atoms with Crippen LogP contribution >= 0.6 is 11.3 Å². The quantitative estimate of drug-likeness (QED) is 0.422. The van der Waals surface area contributed by atoms with E-state index in [1.165, 1.54) is 15.6 Å². The minimum absolute atomic E-state index is 0.117. The number of carbonyl (C=O) groups is 1. The molecule has 1 aliphatic heterocycles. The molecule has 8 nitrogen and oxygen atoms in total. The number of carbonyl (C=O) groups excluding carboxylic acids is 1. The zero-order valence-corrected chi connectivity index (χ0v) is 20.6. The molecule has 10 heteroatoms. The highest BCUT2D eigenvalue weighted by Crippen LogP contribution is 2.28. The number of piperazine rings is 1. The molecule has 1 aliphatic rings. The Kier molecular flexibility index (Phi) is 5.97. The lowest BCUT2D eigenvalue weighted by molar-refractivity contribution is 0.0700. The molecule has 1 saturated heterocycles. The van der Waals surface area contributed by atoms with E-state index in [1.54, 1.807) is 22.4 Å². The Labute approximate surface area is 202 Å². The van der Waals surface area contributed by atoms with Gasteiger partial charge in [-0.1, -0.05) is 24.3 Å². The number of hydrogen-bond acceptors (Lipinski definition) is 6. The topological polar surface area (TPSA) is 88.4 Å². The molecule has 1 amide bonds. The van der Waals surface area contributed by atoms with Gasteiger partial charge in [-0.2, -0.15) is 9.40 Å². The average Bonchev–Trinajstić information content (AvgIpc) is 3.53. The number of fused-ring (bicyclic) bond motifs is 1. The summed E-state index contributed by atoms with van der Waals surface area (Å²) in [6, 6.07) is 12.8. The van der Waals surface area contributed by atoms with Crippen LogP contribution in [0.5, 0.6) is 0 Å². The standard InChI is InChI=1S/C24H25N5O3S2/c1-3-28-16-20(17(2)26-28)22-15-19(18-7-4-5-8-21(18)25-22)24(30)27-10-12-29(13-11-27)34(31,32)23-9-6-14-33-23/h4-9,14-16H,3,10-13H2,1-2H3. The predicted molar refractivity (Wildman–Crippen MR) is 132 cm³/mol. The van der Waals surface area contributed by atoms with Crippen molar-refractivity contribution in [1.82, 2.24) is 24.0 Å². The first kappa shape index (κ1) is 22.7. The first-order valence-electron chi connectivity index (χ1n) is 11.2. The van der Waals surface area contributed by atoms with Gasteiger partial charge in [0.15, 0.2) is 0 Å². The Morgan fingerprint density at radius 2 is 1.85 bits per heavy atom. The molecule has 4 aromatic rings. The predicted octanol–water partition coefficient (Wildman–Crippen LogP) is 3.63. The Morgan fingerprint density at radius 3 is 2.53 bits per heavy atom. The van der Waals surface area contributed by atoms with Gasteiger partial charge in [0, 0.05) is 49.9 Å². The third-order valence-corrected chi connectivity index (χ3v) is 9.38. The van der Waals surface area contributed by atoms with Crippen molar-refractivity contribution < 1.29 is 13.2 Å². The summed E-state index contributed by atoms with van der Waals surface area (Å²) in [5.74, 6) is -0.117. The fraction of sp³-hybridized carbons (Fsp3) is 0.292. The monoisotopic (exact) mass is 495 g/mol. The third-order valence-electron chi connectivity index (χ3n) is 6.11. The van der Waals surface area contributed by atoms with Crippen LogP contribution in [0.15, 0.2) is 58.3 Å². The summed E-state index contributed by atoms with van der Waals surface area (Å²) in [5, 5.41) is 7.06. The van der Waals surface area contributed by atoms with E-state index in [1.807, 2.05) is 55.1 Å². The number of pyridine rings is 1. The molecule has 0 unspecified atom stereocenters. The van der Waals surface area contributed by atoms with E-state index in [2.05, 4.69) is 5.10 Å². The van der Waals surface area contributed by atoms with Gasteiger partial charge in [0.2, 0.25) is 0 Å². The zero-order chi connectivity index (χ0) is 23.9. The van der Waals surface area contributed by atoms with Crippen molar-refractivity contribution in [3.05, 3.63) is 65.3 Å². The molecule has 4 heterocycles. The maximum Gasteiger partial charge on any atom is 0.254 e. The summed E-state index contributed by atoms with van der Waals surface area (Å²) in [6.07, 6.45) is 1.95. The molecule has 0 radical (unpaired) electrons. The fourth-order valence-electron chi connectivity index (χ4n) is 4.26. The maximum atomic E-state index is 13.6. The molecule has 0 bridgehead atoms. The molecule has 0 spiro atoms. The highest BCUT2D eigenvalue weighted by Gasteiger charge is 2.31. The number of amides is 1. The van der Waals surface area contributed by atoms with Crippen molar-refractivity contribution in [3.63, 3.8) is 0 Å². The van der Waals surface area contributed by atoms with Crippen LogP contribution in [-0.2, 0) is 16.6 Å². The number of sulfonamides is 1. The van der Waals surface area contributed by atoms with Crippen LogP contribution in [0.4, 0.5) is 0 Å². The van der Waals surface area contributed by atoms with Crippen LogP contribution in [0.25, 0.3) is 22.2 Å². The van der Waals surface area contributed by atoms with E-state index in [0.717, 1.165) is 28.7 Å². The molecule has 5 rings (SSSR count). The second-order valence-electron chi connectivity index (χ2n) is 8.18. The van der Waals surface area contributed by atoms with Crippen LogP contribution in [0, 0.1) is 6.92 Å². The van der Waals surface area contributed by atoms with Crippen molar-refractivity contribution in [2.45, 2.75) is 24.6 Å². The molecule has 1 aromatic carbocycles. The largest absolute Gasteiger partial charge is 0.336 e. The number of para-hydroxylation sites is 1. The Hall–Kier alpha value is -3.08. The van der Waals surface area contributed by atoms with Crippen LogP contribution < -0.4 is 0 Å². The van der Waals surface area contributed by atoms with Gasteiger partial charge in [-0.05, 0) is 37.4 Å². The van der Waals surface area contributed by atoms with Gasteiger partial charge < -0.3 is 4.90 Å². The molecular weight excluding hydrogens is 470 g/mol. The van der Waals surface area contributed by atoms with Crippen LogP contribution in [0.1, 0.15) is 23.0 Å². The van der Waals surface area contributed by atoms with Gasteiger partial charge in [0.25, 0.3) is 15.9 Å².